The number of aromatic nitrogens is 1. The molecule has 1 heterocycles. The van der Waals surface area contributed by atoms with Gasteiger partial charge in [-0.1, -0.05) is 0 Å². The molecule has 0 radical (unpaired) electrons. The largest absolute Gasteiger partial charge is 0.351 e. The van der Waals surface area contributed by atoms with Crippen molar-refractivity contribution in [3.8, 4) is 0 Å². The minimum absolute atomic E-state index is 0.321. The number of hydrogen-bond acceptors (Lipinski definition) is 3. The summed E-state index contributed by atoms with van der Waals surface area (Å²) in [5, 5.41) is 2.59. The van der Waals surface area contributed by atoms with Crippen LogP contribution in [0.5, 0.6) is 0 Å². The molecule has 0 fully saturated rings. The Balaban J connectivity index is 2.58. The Morgan fingerprint density at radius 3 is 2.45 bits per heavy atom. The molecule has 0 aromatic carbocycles. The highest BCUT2D eigenvalue weighted by atomic mass is 19.2. The molecule has 0 unspecified atom stereocenters. The maximum absolute atomic E-state index is 13.4. The first-order valence-electron chi connectivity index (χ1n) is 6.68. The Hall–Kier alpha value is -1.56. The molecule has 0 aliphatic carbocycles. The molecule has 1 N–H and O–H groups in total. The quantitative estimate of drug-likeness (QED) is 0.815. The second-order valence-electron chi connectivity index (χ2n) is 5.14. The Labute approximate surface area is 118 Å². The van der Waals surface area contributed by atoms with E-state index in [4.69, 9.17) is 0 Å². The second-order valence-corrected chi connectivity index (χ2v) is 5.14. The van der Waals surface area contributed by atoms with Crippen LogP contribution < -0.4 is 5.32 Å². The summed E-state index contributed by atoms with van der Waals surface area (Å²) in [5.41, 5.74) is -0.321. The molecule has 1 aromatic heterocycles. The van der Waals surface area contributed by atoms with E-state index in [9.17, 15) is 13.6 Å². The first kappa shape index (κ1) is 16.5. The van der Waals surface area contributed by atoms with Crippen LogP contribution in [-0.4, -0.2) is 41.0 Å². The van der Waals surface area contributed by atoms with E-state index < -0.39 is 17.7 Å². The molecule has 0 atom stereocenters. The minimum Gasteiger partial charge on any atom is -0.351 e. The van der Waals surface area contributed by atoms with Gasteiger partial charge in [0.15, 0.2) is 5.82 Å². The number of nitrogens with zero attached hydrogens (tertiary/aromatic N) is 2. The van der Waals surface area contributed by atoms with E-state index in [1.54, 1.807) is 0 Å². The predicted octanol–water partition coefficient (Wildman–Crippen LogP) is 2.21. The molecule has 112 valence electrons. The SMILES string of the molecule is CC(C)N(CCNC(=O)c1ccnc(F)c1F)C(C)C. The van der Waals surface area contributed by atoms with Gasteiger partial charge in [0.1, 0.15) is 0 Å². The van der Waals surface area contributed by atoms with Crippen molar-refractivity contribution in [2.24, 2.45) is 0 Å². The third-order valence-corrected chi connectivity index (χ3v) is 3.07. The summed E-state index contributed by atoms with van der Waals surface area (Å²) in [6.07, 6.45) is 1.07. The molecule has 1 rings (SSSR count). The van der Waals surface area contributed by atoms with Crippen LogP contribution in [0.4, 0.5) is 8.78 Å². The molecule has 0 spiro atoms. The van der Waals surface area contributed by atoms with Crippen molar-refractivity contribution in [1.82, 2.24) is 15.2 Å². The lowest BCUT2D eigenvalue weighted by molar-refractivity contribution is 0.0934. The van der Waals surface area contributed by atoms with Crippen LogP contribution >= 0.6 is 0 Å². The number of hydrogen-bond donors (Lipinski definition) is 1. The first-order chi connectivity index (χ1) is 9.34. The van der Waals surface area contributed by atoms with Gasteiger partial charge in [-0.05, 0) is 33.8 Å². The zero-order valence-electron chi connectivity index (χ0n) is 12.3. The number of carbonyl (C=O) groups excluding carboxylic acids is 1. The normalized spacial score (nSPS) is 11.4. The van der Waals surface area contributed by atoms with Crippen molar-refractivity contribution >= 4 is 5.91 Å². The molecule has 0 aliphatic rings. The topological polar surface area (TPSA) is 45.2 Å². The van der Waals surface area contributed by atoms with E-state index in [1.165, 1.54) is 0 Å². The van der Waals surface area contributed by atoms with Crippen molar-refractivity contribution in [3.05, 3.63) is 29.6 Å². The van der Waals surface area contributed by atoms with Crippen LogP contribution in [0.3, 0.4) is 0 Å². The summed E-state index contributed by atoms with van der Waals surface area (Å²) in [6.45, 7) is 9.30. The highest BCUT2D eigenvalue weighted by Gasteiger charge is 2.17. The molecule has 0 aliphatic heterocycles. The van der Waals surface area contributed by atoms with Crippen molar-refractivity contribution in [2.75, 3.05) is 13.1 Å². The van der Waals surface area contributed by atoms with E-state index in [-0.39, 0.29) is 5.56 Å². The van der Waals surface area contributed by atoms with E-state index >= 15 is 0 Å². The summed E-state index contributed by atoms with van der Waals surface area (Å²) in [4.78, 5) is 17.1. The van der Waals surface area contributed by atoms with E-state index in [1.807, 2.05) is 0 Å². The minimum atomic E-state index is -1.26. The maximum Gasteiger partial charge on any atom is 0.254 e. The fraction of sp³-hybridized carbons (Fsp3) is 0.571. The highest BCUT2D eigenvalue weighted by molar-refractivity contribution is 5.94. The molecule has 20 heavy (non-hydrogen) atoms. The van der Waals surface area contributed by atoms with Crippen LogP contribution in [0.25, 0.3) is 0 Å². The average molecular weight is 285 g/mol. The number of nitrogens with one attached hydrogen (secondary N) is 1. The third-order valence-electron chi connectivity index (χ3n) is 3.07. The Morgan fingerprint density at radius 1 is 1.30 bits per heavy atom. The van der Waals surface area contributed by atoms with Crippen LogP contribution in [-0.2, 0) is 0 Å². The van der Waals surface area contributed by atoms with Gasteiger partial charge in [0.05, 0.1) is 5.56 Å². The molecule has 0 saturated carbocycles. The van der Waals surface area contributed by atoms with Gasteiger partial charge >= 0.3 is 0 Å². The van der Waals surface area contributed by atoms with Gasteiger partial charge in [-0.25, -0.2) is 9.37 Å². The van der Waals surface area contributed by atoms with Crippen LogP contribution in [0.1, 0.15) is 38.1 Å². The smallest absolute Gasteiger partial charge is 0.254 e. The number of rotatable bonds is 6. The van der Waals surface area contributed by atoms with E-state index in [2.05, 4.69) is 42.9 Å². The lowest BCUT2D eigenvalue weighted by Gasteiger charge is -2.30. The van der Waals surface area contributed by atoms with Crippen molar-refractivity contribution in [1.29, 1.82) is 0 Å². The monoisotopic (exact) mass is 285 g/mol. The zero-order chi connectivity index (χ0) is 15.3. The van der Waals surface area contributed by atoms with Crippen LogP contribution in [0.2, 0.25) is 0 Å². The molecule has 0 bridgehead atoms. The molecule has 0 saturated heterocycles. The summed E-state index contributed by atoms with van der Waals surface area (Å²) in [6, 6.07) is 1.86. The van der Waals surface area contributed by atoms with Crippen LogP contribution in [0, 0.1) is 11.8 Å². The Kier molecular flexibility index (Phi) is 6.01. The molecule has 4 nitrogen and oxygen atoms in total. The van der Waals surface area contributed by atoms with Crippen molar-refractivity contribution in [3.63, 3.8) is 0 Å². The molecule has 6 heteroatoms. The molecule has 1 amide bonds. The summed E-state index contributed by atoms with van der Waals surface area (Å²) >= 11 is 0. The maximum atomic E-state index is 13.4. The van der Waals surface area contributed by atoms with Gasteiger partial charge < -0.3 is 5.32 Å². The lowest BCUT2D eigenvalue weighted by Crippen LogP contribution is -2.42. The van der Waals surface area contributed by atoms with Gasteiger partial charge in [-0.2, -0.15) is 4.39 Å². The summed E-state index contributed by atoms with van der Waals surface area (Å²) in [7, 11) is 0. The van der Waals surface area contributed by atoms with Gasteiger partial charge in [0.25, 0.3) is 5.91 Å². The van der Waals surface area contributed by atoms with Gasteiger partial charge in [0, 0.05) is 31.4 Å². The average Bonchev–Trinajstić information content (AvgIpc) is 2.36. The highest BCUT2D eigenvalue weighted by Crippen LogP contribution is 2.08. The number of amides is 1. The van der Waals surface area contributed by atoms with Gasteiger partial charge in [-0.15, -0.1) is 0 Å². The second kappa shape index (κ2) is 7.28. The summed E-state index contributed by atoms with van der Waals surface area (Å²) < 4.78 is 26.3. The van der Waals surface area contributed by atoms with Crippen molar-refractivity contribution < 1.29 is 13.6 Å². The lowest BCUT2D eigenvalue weighted by atomic mass is 10.2. The Morgan fingerprint density at radius 2 is 1.90 bits per heavy atom. The van der Waals surface area contributed by atoms with Gasteiger partial charge in [0.2, 0.25) is 5.95 Å². The van der Waals surface area contributed by atoms with Crippen LogP contribution in [0.15, 0.2) is 12.3 Å². The van der Waals surface area contributed by atoms with E-state index in [0.717, 1.165) is 12.3 Å². The molecule has 1 aromatic rings. The standard InChI is InChI=1S/C14H21F2N3O/c1-9(2)19(10(3)4)8-7-18-14(20)11-5-6-17-13(16)12(11)15/h5-6,9-10H,7-8H2,1-4H3,(H,18,20). The van der Waals surface area contributed by atoms with Crippen molar-refractivity contribution in [2.45, 2.75) is 39.8 Å². The summed E-state index contributed by atoms with van der Waals surface area (Å²) in [5.74, 6) is -3.10. The van der Waals surface area contributed by atoms with E-state index in [0.29, 0.717) is 25.2 Å². The fourth-order valence-corrected chi connectivity index (χ4v) is 2.10. The third kappa shape index (κ3) is 4.23. The number of pyridine rings is 1. The fourth-order valence-electron chi connectivity index (χ4n) is 2.10. The molecular formula is C14H21F2N3O. The molecular weight excluding hydrogens is 264 g/mol. The number of halogens is 2. The zero-order valence-corrected chi connectivity index (χ0v) is 12.3. The Bertz CT molecular complexity index is 456. The predicted molar refractivity (Wildman–Crippen MR) is 73.5 cm³/mol. The first-order valence-corrected chi connectivity index (χ1v) is 6.68. The number of carbonyl (C=O) groups is 1. The van der Waals surface area contributed by atoms with Gasteiger partial charge in [-0.3, -0.25) is 9.69 Å².